The third kappa shape index (κ3) is 3.16. The molecule has 1 heterocycles. The molecule has 0 spiro atoms. The predicted octanol–water partition coefficient (Wildman–Crippen LogP) is 2.53. The van der Waals surface area contributed by atoms with Gasteiger partial charge in [0.25, 0.3) is 0 Å². The van der Waals surface area contributed by atoms with Crippen LogP contribution in [0, 0.1) is 11.7 Å². The summed E-state index contributed by atoms with van der Waals surface area (Å²) in [6.45, 7) is 0. The van der Waals surface area contributed by atoms with Crippen molar-refractivity contribution in [2.24, 2.45) is 5.92 Å². The first-order valence-electron chi connectivity index (χ1n) is 5.88. The van der Waals surface area contributed by atoms with Crippen molar-refractivity contribution < 1.29 is 13.9 Å². The lowest BCUT2D eigenvalue weighted by Gasteiger charge is -2.22. The average Bonchev–Trinajstić information content (AvgIpc) is 2.91. The molecule has 0 aliphatic carbocycles. The summed E-state index contributed by atoms with van der Waals surface area (Å²) in [6.07, 6.45) is 0.999. The zero-order valence-electron chi connectivity index (χ0n) is 10.2. The number of nitrogens with one attached hydrogen (secondary N) is 1. The Morgan fingerprint density at radius 2 is 2.22 bits per heavy atom. The lowest BCUT2D eigenvalue weighted by atomic mass is 9.99. The van der Waals surface area contributed by atoms with E-state index in [2.05, 4.69) is 5.32 Å². The number of carbonyl (C=O) groups excluding carboxylic acids is 1. The molecule has 18 heavy (non-hydrogen) atoms. The first-order valence-corrected chi connectivity index (χ1v) is 7.04. The Hall–Kier alpha value is -1.23. The fourth-order valence-electron chi connectivity index (χ4n) is 2.04. The lowest BCUT2D eigenvalue weighted by Crippen LogP contribution is -2.38. The van der Waals surface area contributed by atoms with Gasteiger partial charge >= 0.3 is 5.97 Å². The van der Waals surface area contributed by atoms with Gasteiger partial charge in [0.1, 0.15) is 11.9 Å². The van der Waals surface area contributed by atoms with Crippen LogP contribution in [0.15, 0.2) is 24.3 Å². The summed E-state index contributed by atoms with van der Waals surface area (Å²) >= 11 is 1.84. The van der Waals surface area contributed by atoms with E-state index in [9.17, 15) is 9.18 Å². The molecule has 0 bridgehead atoms. The minimum absolute atomic E-state index is 0.258. The summed E-state index contributed by atoms with van der Waals surface area (Å²) in [6, 6.07) is 5.66. The van der Waals surface area contributed by atoms with Crippen LogP contribution in [0.1, 0.15) is 6.42 Å². The van der Waals surface area contributed by atoms with Crippen LogP contribution in [0.25, 0.3) is 0 Å². The van der Waals surface area contributed by atoms with Crippen LogP contribution < -0.4 is 5.32 Å². The second-order valence-electron chi connectivity index (χ2n) is 4.28. The fourth-order valence-corrected chi connectivity index (χ4v) is 3.34. The van der Waals surface area contributed by atoms with E-state index < -0.39 is 0 Å². The highest BCUT2D eigenvalue weighted by Gasteiger charge is 2.31. The second kappa shape index (κ2) is 6.09. The van der Waals surface area contributed by atoms with Crippen molar-refractivity contribution in [3.63, 3.8) is 0 Å². The summed E-state index contributed by atoms with van der Waals surface area (Å²) in [4.78, 5) is 11.8. The van der Waals surface area contributed by atoms with Gasteiger partial charge in [0, 0.05) is 5.69 Å². The summed E-state index contributed by atoms with van der Waals surface area (Å²) in [7, 11) is 1.39. The molecule has 3 nitrogen and oxygen atoms in total. The highest BCUT2D eigenvalue weighted by Crippen LogP contribution is 2.28. The number of benzene rings is 1. The van der Waals surface area contributed by atoms with E-state index in [1.165, 1.54) is 19.2 Å². The largest absolute Gasteiger partial charge is 0.467 e. The van der Waals surface area contributed by atoms with Crippen molar-refractivity contribution in [2.45, 2.75) is 12.5 Å². The van der Waals surface area contributed by atoms with Gasteiger partial charge < -0.3 is 10.1 Å². The van der Waals surface area contributed by atoms with E-state index in [0.717, 1.165) is 23.6 Å². The van der Waals surface area contributed by atoms with Crippen LogP contribution in [0.4, 0.5) is 10.1 Å². The molecular formula is C13H16FNO2S. The summed E-state index contributed by atoms with van der Waals surface area (Å²) in [5, 5.41) is 3.14. The molecule has 0 amide bonds. The van der Waals surface area contributed by atoms with Crippen molar-refractivity contribution in [1.82, 2.24) is 0 Å². The molecule has 1 aliphatic rings. The van der Waals surface area contributed by atoms with Gasteiger partial charge in [-0.15, -0.1) is 0 Å². The topological polar surface area (TPSA) is 38.3 Å². The van der Waals surface area contributed by atoms with Gasteiger partial charge in [-0.3, -0.25) is 0 Å². The maximum atomic E-state index is 12.8. The normalized spacial score (nSPS) is 20.4. The Morgan fingerprint density at radius 1 is 1.50 bits per heavy atom. The molecule has 0 aromatic heterocycles. The Labute approximate surface area is 110 Å². The molecule has 1 aromatic rings. The third-order valence-corrected chi connectivity index (χ3v) is 4.25. The van der Waals surface area contributed by atoms with Crippen LogP contribution >= 0.6 is 11.8 Å². The number of rotatable bonds is 4. The molecule has 1 aliphatic heterocycles. The van der Waals surface area contributed by atoms with Crippen LogP contribution in [0.3, 0.4) is 0 Å². The van der Waals surface area contributed by atoms with Crippen molar-refractivity contribution in [2.75, 3.05) is 23.9 Å². The Bertz CT molecular complexity index is 404. The zero-order valence-corrected chi connectivity index (χ0v) is 11.0. The molecule has 1 aromatic carbocycles. The number of ether oxygens (including phenoxy) is 1. The second-order valence-corrected chi connectivity index (χ2v) is 5.43. The summed E-state index contributed by atoms with van der Waals surface area (Å²) in [5.74, 6) is 1.75. The number of carbonyl (C=O) groups is 1. The van der Waals surface area contributed by atoms with Gasteiger partial charge in [-0.1, -0.05) is 0 Å². The van der Waals surface area contributed by atoms with Crippen molar-refractivity contribution in [3.05, 3.63) is 30.1 Å². The Kier molecular flexibility index (Phi) is 4.47. The van der Waals surface area contributed by atoms with E-state index in [1.807, 2.05) is 11.8 Å². The highest BCUT2D eigenvalue weighted by molar-refractivity contribution is 7.99. The Morgan fingerprint density at radius 3 is 2.78 bits per heavy atom. The SMILES string of the molecule is COC(=O)C(Nc1ccc(F)cc1)C1CCSC1. The number of esters is 1. The molecule has 0 saturated carbocycles. The standard InChI is InChI=1S/C13H16FNO2S/c1-17-13(16)12(9-6-7-18-8-9)15-11-4-2-10(14)3-5-11/h2-5,9,12,15H,6-8H2,1H3. The van der Waals surface area contributed by atoms with Crippen LogP contribution in [-0.2, 0) is 9.53 Å². The van der Waals surface area contributed by atoms with Gasteiger partial charge in [-0.2, -0.15) is 11.8 Å². The first-order chi connectivity index (χ1) is 8.70. The molecular weight excluding hydrogens is 253 g/mol. The molecule has 2 rings (SSSR count). The number of thioether (sulfide) groups is 1. The Balaban J connectivity index is 2.09. The summed E-state index contributed by atoms with van der Waals surface area (Å²) < 4.78 is 17.7. The van der Waals surface area contributed by atoms with E-state index in [-0.39, 0.29) is 23.7 Å². The molecule has 2 unspecified atom stereocenters. The number of hydrogen-bond acceptors (Lipinski definition) is 4. The fraction of sp³-hybridized carbons (Fsp3) is 0.462. The van der Waals surface area contributed by atoms with Crippen molar-refractivity contribution in [3.8, 4) is 0 Å². The van der Waals surface area contributed by atoms with Crippen molar-refractivity contribution in [1.29, 1.82) is 0 Å². The number of anilines is 1. The maximum absolute atomic E-state index is 12.8. The molecule has 1 saturated heterocycles. The van der Waals surface area contributed by atoms with Gasteiger partial charge in [-0.05, 0) is 48.1 Å². The number of hydrogen-bond donors (Lipinski definition) is 1. The smallest absolute Gasteiger partial charge is 0.328 e. The lowest BCUT2D eigenvalue weighted by molar-refractivity contribution is -0.142. The molecule has 0 radical (unpaired) electrons. The molecule has 5 heteroatoms. The van der Waals surface area contributed by atoms with Crippen LogP contribution in [0.5, 0.6) is 0 Å². The number of halogens is 1. The van der Waals surface area contributed by atoms with E-state index in [1.54, 1.807) is 12.1 Å². The first kappa shape index (κ1) is 13.2. The maximum Gasteiger partial charge on any atom is 0.328 e. The minimum Gasteiger partial charge on any atom is -0.467 e. The van der Waals surface area contributed by atoms with E-state index in [0.29, 0.717) is 0 Å². The monoisotopic (exact) mass is 269 g/mol. The number of methoxy groups -OCH3 is 1. The van der Waals surface area contributed by atoms with Gasteiger partial charge in [0.05, 0.1) is 7.11 Å². The minimum atomic E-state index is -0.351. The van der Waals surface area contributed by atoms with Gasteiger partial charge in [0.15, 0.2) is 0 Å². The zero-order chi connectivity index (χ0) is 13.0. The quantitative estimate of drug-likeness (QED) is 0.852. The highest BCUT2D eigenvalue weighted by atomic mass is 32.2. The molecule has 98 valence electrons. The van der Waals surface area contributed by atoms with Gasteiger partial charge in [0.2, 0.25) is 0 Å². The van der Waals surface area contributed by atoms with Gasteiger partial charge in [-0.25, -0.2) is 9.18 Å². The predicted molar refractivity (Wildman–Crippen MR) is 71.3 cm³/mol. The summed E-state index contributed by atoms with van der Waals surface area (Å²) in [5.41, 5.74) is 0.740. The molecule has 2 atom stereocenters. The third-order valence-electron chi connectivity index (χ3n) is 3.06. The van der Waals surface area contributed by atoms with Crippen molar-refractivity contribution >= 4 is 23.4 Å². The van der Waals surface area contributed by atoms with Crippen LogP contribution in [0.2, 0.25) is 0 Å². The van der Waals surface area contributed by atoms with E-state index in [4.69, 9.17) is 4.74 Å². The average molecular weight is 269 g/mol. The molecule has 1 fully saturated rings. The van der Waals surface area contributed by atoms with E-state index >= 15 is 0 Å². The van der Waals surface area contributed by atoms with Crippen LogP contribution in [-0.4, -0.2) is 30.6 Å². The molecule has 1 N–H and O–H groups in total.